The van der Waals surface area contributed by atoms with Crippen molar-refractivity contribution in [1.29, 1.82) is 0 Å². The summed E-state index contributed by atoms with van der Waals surface area (Å²) >= 11 is 0. The van der Waals surface area contributed by atoms with E-state index in [0.717, 1.165) is 30.0 Å². The van der Waals surface area contributed by atoms with Crippen molar-refractivity contribution in [1.82, 2.24) is 5.32 Å². The molecule has 1 fully saturated rings. The highest BCUT2D eigenvalue weighted by molar-refractivity contribution is 5.98. The molecule has 4 nitrogen and oxygen atoms in total. The molecule has 0 spiro atoms. The first kappa shape index (κ1) is 13.9. The zero-order valence-electron chi connectivity index (χ0n) is 12.1. The van der Waals surface area contributed by atoms with E-state index in [1.54, 1.807) is 7.11 Å². The van der Waals surface area contributed by atoms with Crippen LogP contribution < -0.4 is 15.0 Å². The maximum absolute atomic E-state index is 12.5. The number of ether oxygens (including phenoxy) is 1. The number of methoxy groups -OCH3 is 1. The van der Waals surface area contributed by atoms with Gasteiger partial charge in [0.1, 0.15) is 5.75 Å². The molecule has 1 heterocycles. The summed E-state index contributed by atoms with van der Waals surface area (Å²) in [7, 11) is 1.64. The quantitative estimate of drug-likeness (QED) is 0.887. The van der Waals surface area contributed by atoms with Crippen LogP contribution in [0.1, 0.15) is 25.8 Å². The molecule has 1 N–H and O–H groups in total. The van der Waals surface area contributed by atoms with E-state index in [0.29, 0.717) is 6.04 Å². The van der Waals surface area contributed by atoms with Crippen molar-refractivity contribution in [3.05, 3.63) is 23.8 Å². The van der Waals surface area contributed by atoms with Gasteiger partial charge in [-0.2, -0.15) is 0 Å². The van der Waals surface area contributed by atoms with Crippen LogP contribution in [0.25, 0.3) is 0 Å². The second kappa shape index (κ2) is 5.61. The lowest BCUT2D eigenvalue weighted by molar-refractivity contribution is -0.119. The Balaban J connectivity index is 2.38. The number of carbonyl (C=O) groups excluding carboxylic acids is 1. The number of nitrogens with one attached hydrogen (secondary N) is 1. The van der Waals surface area contributed by atoms with Gasteiger partial charge in [-0.1, -0.05) is 6.07 Å². The van der Waals surface area contributed by atoms with E-state index in [4.69, 9.17) is 4.74 Å². The molecular weight excluding hydrogens is 240 g/mol. The Morgan fingerprint density at radius 1 is 1.37 bits per heavy atom. The van der Waals surface area contributed by atoms with E-state index >= 15 is 0 Å². The first-order chi connectivity index (χ1) is 9.02. The molecule has 1 aromatic carbocycles. The Labute approximate surface area is 114 Å². The molecule has 0 saturated carbocycles. The van der Waals surface area contributed by atoms with Gasteiger partial charge in [-0.15, -0.1) is 0 Å². The number of hydrogen-bond acceptors (Lipinski definition) is 3. The highest BCUT2D eigenvalue weighted by atomic mass is 16.5. The monoisotopic (exact) mass is 262 g/mol. The predicted molar refractivity (Wildman–Crippen MR) is 76.8 cm³/mol. The number of hydrogen-bond donors (Lipinski definition) is 1. The molecule has 0 bridgehead atoms. The minimum atomic E-state index is -0.164. The summed E-state index contributed by atoms with van der Waals surface area (Å²) < 4.78 is 5.39. The molecular formula is C15H22N2O2. The van der Waals surface area contributed by atoms with Crippen LogP contribution in [-0.2, 0) is 4.79 Å². The van der Waals surface area contributed by atoms with E-state index in [-0.39, 0.29) is 11.9 Å². The molecule has 2 rings (SSSR count). The van der Waals surface area contributed by atoms with Gasteiger partial charge in [0.15, 0.2) is 0 Å². The van der Waals surface area contributed by atoms with Crippen molar-refractivity contribution in [2.75, 3.05) is 18.6 Å². The number of carbonyl (C=O) groups is 1. The Kier molecular flexibility index (Phi) is 4.10. The van der Waals surface area contributed by atoms with Gasteiger partial charge in [0.05, 0.1) is 18.8 Å². The van der Waals surface area contributed by atoms with Gasteiger partial charge in [0, 0.05) is 12.6 Å². The third-order valence-corrected chi connectivity index (χ3v) is 3.58. The van der Waals surface area contributed by atoms with Gasteiger partial charge < -0.3 is 15.0 Å². The minimum Gasteiger partial charge on any atom is -0.495 e. The molecule has 0 aliphatic carbocycles. The number of nitrogens with zero attached hydrogens (tertiary/aromatic N) is 1. The summed E-state index contributed by atoms with van der Waals surface area (Å²) in [6.07, 6.45) is 0.938. The molecule has 19 heavy (non-hydrogen) atoms. The van der Waals surface area contributed by atoms with E-state index in [1.807, 2.05) is 36.9 Å². The van der Waals surface area contributed by atoms with Crippen molar-refractivity contribution < 1.29 is 9.53 Å². The summed E-state index contributed by atoms with van der Waals surface area (Å²) in [4.78, 5) is 14.3. The summed E-state index contributed by atoms with van der Waals surface area (Å²) in [5.74, 6) is 0.856. The maximum Gasteiger partial charge on any atom is 0.243 e. The Morgan fingerprint density at radius 2 is 2.11 bits per heavy atom. The van der Waals surface area contributed by atoms with Crippen LogP contribution >= 0.6 is 0 Å². The van der Waals surface area contributed by atoms with Crippen LogP contribution in [0.2, 0.25) is 0 Å². The van der Waals surface area contributed by atoms with E-state index in [9.17, 15) is 4.79 Å². The second-order valence-electron chi connectivity index (χ2n) is 5.24. The summed E-state index contributed by atoms with van der Waals surface area (Å²) in [6, 6.07) is 6.11. The first-order valence-corrected chi connectivity index (χ1v) is 6.75. The van der Waals surface area contributed by atoms with Crippen LogP contribution in [0.5, 0.6) is 5.75 Å². The fourth-order valence-corrected chi connectivity index (χ4v) is 2.50. The van der Waals surface area contributed by atoms with Crippen molar-refractivity contribution in [3.63, 3.8) is 0 Å². The minimum absolute atomic E-state index is 0.105. The maximum atomic E-state index is 12.5. The van der Waals surface area contributed by atoms with Crippen molar-refractivity contribution in [2.24, 2.45) is 0 Å². The van der Waals surface area contributed by atoms with Crippen LogP contribution in [0.3, 0.4) is 0 Å². The van der Waals surface area contributed by atoms with Crippen LogP contribution in [0.4, 0.5) is 5.69 Å². The van der Waals surface area contributed by atoms with Gasteiger partial charge in [0.25, 0.3) is 0 Å². The predicted octanol–water partition coefficient (Wildman–Crippen LogP) is 2.11. The number of aryl methyl sites for hydroxylation is 1. The van der Waals surface area contributed by atoms with E-state index < -0.39 is 0 Å². The molecule has 1 aliphatic rings. The number of benzene rings is 1. The molecule has 1 saturated heterocycles. The normalized spacial score (nSPS) is 24.2. The fraction of sp³-hybridized carbons (Fsp3) is 0.533. The Bertz CT molecular complexity index is 473. The van der Waals surface area contributed by atoms with Gasteiger partial charge in [0.2, 0.25) is 5.91 Å². The molecule has 1 aliphatic heterocycles. The third kappa shape index (κ3) is 2.89. The molecule has 2 unspecified atom stereocenters. The lowest BCUT2D eigenvalue weighted by Crippen LogP contribution is -2.43. The Hall–Kier alpha value is -1.55. The van der Waals surface area contributed by atoms with Gasteiger partial charge >= 0.3 is 0 Å². The SMILES string of the molecule is COc1ccc(C)cc1N1CCC(C)NC(C)C1=O. The summed E-state index contributed by atoms with van der Waals surface area (Å²) in [5, 5.41) is 3.31. The molecule has 0 aromatic heterocycles. The number of anilines is 1. The molecule has 0 radical (unpaired) electrons. The standard InChI is InChI=1S/C15H22N2O2/c1-10-5-6-14(19-4)13(9-10)17-8-7-11(2)16-12(3)15(17)18/h5-6,9,11-12,16H,7-8H2,1-4H3. The average molecular weight is 262 g/mol. The van der Waals surface area contributed by atoms with Crippen molar-refractivity contribution >= 4 is 11.6 Å². The first-order valence-electron chi connectivity index (χ1n) is 6.75. The largest absolute Gasteiger partial charge is 0.495 e. The molecule has 1 aromatic rings. The lowest BCUT2D eigenvalue weighted by atomic mass is 10.1. The second-order valence-corrected chi connectivity index (χ2v) is 5.24. The highest BCUT2D eigenvalue weighted by Gasteiger charge is 2.28. The lowest BCUT2D eigenvalue weighted by Gasteiger charge is -2.25. The highest BCUT2D eigenvalue weighted by Crippen LogP contribution is 2.30. The fourth-order valence-electron chi connectivity index (χ4n) is 2.50. The van der Waals surface area contributed by atoms with Crippen molar-refractivity contribution in [3.8, 4) is 5.75 Å². The topological polar surface area (TPSA) is 41.6 Å². The molecule has 104 valence electrons. The number of rotatable bonds is 2. The smallest absolute Gasteiger partial charge is 0.243 e. The summed E-state index contributed by atoms with van der Waals surface area (Å²) in [5.41, 5.74) is 2.00. The summed E-state index contributed by atoms with van der Waals surface area (Å²) in [6.45, 7) is 6.77. The van der Waals surface area contributed by atoms with Crippen LogP contribution in [-0.4, -0.2) is 31.6 Å². The van der Waals surface area contributed by atoms with Crippen molar-refractivity contribution in [2.45, 2.75) is 39.3 Å². The molecule has 2 atom stereocenters. The number of amides is 1. The zero-order chi connectivity index (χ0) is 14.0. The van der Waals surface area contributed by atoms with Gasteiger partial charge in [-0.3, -0.25) is 4.79 Å². The van der Waals surface area contributed by atoms with E-state index in [2.05, 4.69) is 12.2 Å². The zero-order valence-corrected chi connectivity index (χ0v) is 12.1. The third-order valence-electron chi connectivity index (χ3n) is 3.58. The average Bonchev–Trinajstić information content (AvgIpc) is 2.50. The Morgan fingerprint density at radius 3 is 2.79 bits per heavy atom. The van der Waals surface area contributed by atoms with E-state index in [1.165, 1.54) is 0 Å². The van der Waals surface area contributed by atoms with Gasteiger partial charge in [-0.05, 0) is 44.9 Å². The van der Waals surface area contributed by atoms with Crippen LogP contribution in [0.15, 0.2) is 18.2 Å². The van der Waals surface area contributed by atoms with Crippen LogP contribution in [0, 0.1) is 6.92 Å². The molecule has 4 heteroatoms. The van der Waals surface area contributed by atoms with Gasteiger partial charge in [-0.25, -0.2) is 0 Å². The molecule has 1 amide bonds.